The lowest BCUT2D eigenvalue weighted by Crippen LogP contribution is -2.18. The van der Waals surface area contributed by atoms with Gasteiger partial charge in [-0.25, -0.2) is 0 Å². The third kappa shape index (κ3) is 3.07. The number of nitrogens with zero attached hydrogens (tertiary/aromatic N) is 2. The smallest absolute Gasteiger partial charge is 0.0992 e. The van der Waals surface area contributed by atoms with Gasteiger partial charge in [-0.2, -0.15) is 5.26 Å². The molecule has 0 bridgehead atoms. The average Bonchev–Trinajstić information content (AvgIpc) is 2.42. The highest BCUT2D eigenvalue weighted by Crippen LogP contribution is 2.26. The second-order valence-electron chi connectivity index (χ2n) is 4.33. The number of nitrogens with two attached hydrogens (primary N) is 1. The summed E-state index contributed by atoms with van der Waals surface area (Å²) in [5.41, 5.74) is 9.31. The number of nitriles is 1. The minimum absolute atomic E-state index is 0.614. The van der Waals surface area contributed by atoms with Crippen LogP contribution in [0.1, 0.15) is 11.1 Å². The molecule has 0 saturated carbocycles. The molecular weight excluding hydrogens is 302 g/mol. The summed E-state index contributed by atoms with van der Waals surface area (Å²) in [5, 5.41) is 8.95. The highest BCUT2D eigenvalue weighted by atomic mass is 79.9. The van der Waals surface area contributed by atoms with Crippen LogP contribution in [0.25, 0.3) is 0 Å². The quantitative estimate of drug-likeness (QED) is 0.881. The normalized spacial score (nSPS) is 9.95. The molecular formula is C15H14BrN3. The predicted molar refractivity (Wildman–Crippen MR) is 81.8 cm³/mol. The summed E-state index contributed by atoms with van der Waals surface area (Å²) in [6.45, 7) is 0.723. The molecule has 0 atom stereocenters. The summed E-state index contributed by atoms with van der Waals surface area (Å²) in [6, 6.07) is 15.5. The van der Waals surface area contributed by atoms with Gasteiger partial charge in [-0.05, 0) is 29.8 Å². The third-order valence-electron chi connectivity index (χ3n) is 2.94. The Labute approximate surface area is 121 Å². The molecule has 0 aliphatic carbocycles. The van der Waals surface area contributed by atoms with E-state index in [0.717, 1.165) is 16.7 Å². The molecule has 0 heterocycles. The summed E-state index contributed by atoms with van der Waals surface area (Å²) in [6.07, 6.45) is 0. The van der Waals surface area contributed by atoms with Crippen molar-refractivity contribution < 1.29 is 0 Å². The zero-order valence-electron chi connectivity index (χ0n) is 10.6. The van der Waals surface area contributed by atoms with Gasteiger partial charge in [-0.15, -0.1) is 0 Å². The maximum absolute atomic E-state index is 8.95. The Hall–Kier alpha value is -1.99. The van der Waals surface area contributed by atoms with Crippen molar-refractivity contribution in [1.29, 1.82) is 5.26 Å². The summed E-state index contributed by atoms with van der Waals surface area (Å²) >= 11 is 3.53. The van der Waals surface area contributed by atoms with Crippen molar-refractivity contribution in [1.82, 2.24) is 0 Å². The van der Waals surface area contributed by atoms with E-state index in [9.17, 15) is 0 Å². The van der Waals surface area contributed by atoms with Crippen molar-refractivity contribution in [3.8, 4) is 6.07 Å². The number of benzene rings is 2. The van der Waals surface area contributed by atoms with Crippen molar-refractivity contribution in [2.45, 2.75) is 6.54 Å². The van der Waals surface area contributed by atoms with Gasteiger partial charge in [0, 0.05) is 18.1 Å². The minimum Gasteiger partial charge on any atom is -0.397 e. The minimum atomic E-state index is 0.614. The first-order valence-electron chi connectivity index (χ1n) is 5.86. The number of anilines is 2. The van der Waals surface area contributed by atoms with Gasteiger partial charge in [0.1, 0.15) is 0 Å². The van der Waals surface area contributed by atoms with E-state index in [2.05, 4.69) is 28.1 Å². The molecule has 2 rings (SSSR count). The van der Waals surface area contributed by atoms with Crippen LogP contribution in [0.4, 0.5) is 11.4 Å². The zero-order chi connectivity index (χ0) is 13.8. The van der Waals surface area contributed by atoms with E-state index < -0.39 is 0 Å². The SMILES string of the molecule is CN(Cc1ccccc1Br)c1cc(C#N)ccc1N. The van der Waals surface area contributed by atoms with E-state index in [4.69, 9.17) is 11.0 Å². The maximum Gasteiger partial charge on any atom is 0.0992 e. The van der Waals surface area contributed by atoms with Crippen LogP contribution in [0.5, 0.6) is 0 Å². The Kier molecular flexibility index (Phi) is 4.08. The monoisotopic (exact) mass is 315 g/mol. The van der Waals surface area contributed by atoms with E-state index in [1.807, 2.05) is 36.2 Å². The van der Waals surface area contributed by atoms with Crippen molar-refractivity contribution in [3.05, 3.63) is 58.1 Å². The molecule has 2 aromatic rings. The van der Waals surface area contributed by atoms with Crippen LogP contribution >= 0.6 is 15.9 Å². The van der Waals surface area contributed by atoms with Crippen LogP contribution in [0.3, 0.4) is 0 Å². The van der Waals surface area contributed by atoms with Gasteiger partial charge < -0.3 is 10.6 Å². The fourth-order valence-corrected chi connectivity index (χ4v) is 2.32. The van der Waals surface area contributed by atoms with Crippen molar-refractivity contribution in [3.63, 3.8) is 0 Å². The summed E-state index contributed by atoms with van der Waals surface area (Å²) in [4.78, 5) is 2.04. The van der Waals surface area contributed by atoms with E-state index in [1.165, 1.54) is 5.56 Å². The van der Waals surface area contributed by atoms with Crippen molar-refractivity contribution in [2.24, 2.45) is 0 Å². The van der Waals surface area contributed by atoms with Crippen LogP contribution in [0, 0.1) is 11.3 Å². The van der Waals surface area contributed by atoms with Gasteiger partial charge in [0.05, 0.1) is 23.0 Å². The predicted octanol–water partition coefficient (Wildman–Crippen LogP) is 3.54. The third-order valence-corrected chi connectivity index (χ3v) is 3.71. The van der Waals surface area contributed by atoms with Crippen molar-refractivity contribution in [2.75, 3.05) is 17.7 Å². The Morgan fingerprint density at radius 2 is 2.00 bits per heavy atom. The van der Waals surface area contributed by atoms with Crippen LogP contribution in [0.15, 0.2) is 46.9 Å². The second-order valence-corrected chi connectivity index (χ2v) is 5.19. The van der Waals surface area contributed by atoms with Gasteiger partial charge in [0.25, 0.3) is 0 Å². The molecule has 0 amide bonds. The van der Waals surface area contributed by atoms with Gasteiger partial charge in [0.15, 0.2) is 0 Å². The Bertz CT molecular complexity index is 632. The standard InChI is InChI=1S/C15H14BrN3/c1-19(10-12-4-2-3-5-13(12)16)15-8-11(9-17)6-7-14(15)18/h2-8H,10,18H2,1H3. The second kappa shape index (κ2) is 5.77. The molecule has 2 N–H and O–H groups in total. The largest absolute Gasteiger partial charge is 0.397 e. The Morgan fingerprint density at radius 1 is 1.26 bits per heavy atom. The summed E-state index contributed by atoms with van der Waals surface area (Å²) < 4.78 is 1.07. The lowest BCUT2D eigenvalue weighted by Gasteiger charge is -2.22. The first kappa shape index (κ1) is 13.4. The van der Waals surface area contributed by atoms with Gasteiger partial charge in [0.2, 0.25) is 0 Å². The van der Waals surface area contributed by atoms with Crippen LogP contribution in [0.2, 0.25) is 0 Å². The number of nitrogen functional groups attached to an aromatic ring is 1. The molecule has 0 spiro atoms. The highest BCUT2D eigenvalue weighted by Gasteiger charge is 2.08. The molecule has 19 heavy (non-hydrogen) atoms. The zero-order valence-corrected chi connectivity index (χ0v) is 12.2. The lowest BCUT2D eigenvalue weighted by molar-refractivity contribution is 0.920. The molecule has 4 heteroatoms. The number of hydrogen-bond donors (Lipinski definition) is 1. The Balaban J connectivity index is 2.28. The molecule has 96 valence electrons. The van der Waals surface area contributed by atoms with E-state index in [0.29, 0.717) is 11.3 Å². The number of halogens is 1. The van der Waals surface area contributed by atoms with Crippen LogP contribution in [-0.2, 0) is 6.54 Å². The van der Waals surface area contributed by atoms with Crippen LogP contribution < -0.4 is 10.6 Å². The maximum atomic E-state index is 8.95. The molecule has 2 aromatic carbocycles. The molecule has 0 radical (unpaired) electrons. The van der Waals surface area contributed by atoms with Gasteiger partial charge >= 0.3 is 0 Å². The van der Waals surface area contributed by atoms with Gasteiger partial charge in [-0.1, -0.05) is 34.1 Å². The summed E-state index contributed by atoms with van der Waals surface area (Å²) in [5.74, 6) is 0. The van der Waals surface area contributed by atoms with Gasteiger partial charge in [-0.3, -0.25) is 0 Å². The molecule has 0 aliphatic heterocycles. The van der Waals surface area contributed by atoms with Crippen molar-refractivity contribution >= 4 is 27.3 Å². The number of rotatable bonds is 3. The molecule has 0 aliphatic rings. The molecule has 0 saturated heterocycles. The molecule has 0 unspecified atom stereocenters. The average molecular weight is 316 g/mol. The Morgan fingerprint density at radius 3 is 2.68 bits per heavy atom. The van der Waals surface area contributed by atoms with E-state index in [1.54, 1.807) is 12.1 Å². The number of hydrogen-bond acceptors (Lipinski definition) is 3. The fourth-order valence-electron chi connectivity index (χ4n) is 1.91. The first-order chi connectivity index (χ1) is 9.11. The van der Waals surface area contributed by atoms with E-state index in [-0.39, 0.29) is 0 Å². The lowest BCUT2D eigenvalue weighted by atomic mass is 10.1. The fraction of sp³-hybridized carbons (Fsp3) is 0.133. The molecule has 0 fully saturated rings. The molecule has 0 aromatic heterocycles. The van der Waals surface area contributed by atoms with E-state index >= 15 is 0 Å². The molecule has 3 nitrogen and oxygen atoms in total. The highest BCUT2D eigenvalue weighted by molar-refractivity contribution is 9.10. The first-order valence-corrected chi connectivity index (χ1v) is 6.65. The topological polar surface area (TPSA) is 53.0 Å². The summed E-state index contributed by atoms with van der Waals surface area (Å²) in [7, 11) is 1.96. The van der Waals surface area contributed by atoms with Crippen LogP contribution in [-0.4, -0.2) is 7.05 Å².